The number of ether oxygens (including phenoxy) is 1. The molecule has 2 unspecified atom stereocenters. The van der Waals surface area contributed by atoms with Crippen LogP contribution in [-0.4, -0.2) is 65.3 Å². The molecule has 0 radical (unpaired) electrons. The molecule has 0 spiro atoms. The molecule has 0 bridgehead atoms. The maximum absolute atomic E-state index is 14.0. The van der Waals surface area contributed by atoms with Gasteiger partial charge < -0.3 is 26.4 Å². The van der Waals surface area contributed by atoms with Crippen LogP contribution in [0.5, 0.6) is 0 Å². The fourth-order valence-corrected chi connectivity index (χ4v) is 4.00. The van der Waals surface area contributed by atoms with Gasteiger partial charge in [-0.25, -0.2) is 23.0 Å². The van der Waals surface area contributed by atoms with E-state index in [2.05, 4.69) is 15.0 Å². The molecule has 1 amide bonds. The number of Topliss-reactive ketones (excluding diaryl/α,β-unsaturated/α-hetero) is 1. The Hall–Kier alpha value is -3.84. The first-order valence-corrected chi connectivity index (χ1v) is 10.4. The fourth-order valence-electron chi connectivity index (χ4n) is 4.00. The van der Waals surface area contributed by atoms with Crippen LogP contribution in [-0.2, 0) is 25.5 Å². The molecular weight excluding hydrogens is 550 g/mol. The number of hydrogen-bond acceptors (Lipinski definition) is 9. The fraction of sp³-hybridized carbons (Fsp3) is 0.381. The van der Waals surface area contributed by atoms with Gasteiger partial charge in [-0.15, -0.1) is 12.4 Å². The highest BCUT2D eigenvalue weighted by atomic mass is 35.5. The number of ketones is 1. The van der Waals surface area contributed by atoms with Crippen molar-refractivity contribution in [3.63, 3.8) is 0 Å². The van der Waals surface area contributed by atoms with Crippen LogP contribution in [0.3, 0.4) is 0 Å². The Bertz CT molecular complexity index is 1250. The molecule has 0 fully saturated rings. The summed E-state index contributed by atoms with van der Waals surface area (Å²) in [6, 6.07) is -0.679. The summed E-state index contributed by atoms with van der Waals surface area (Å²) >= 11 is 0. The Balaban J connectivity index is 0.00000507. The van der Waals surface area contributed by atoms with Gasteiger partial charge in [0.2, 0.25) is 0 Å². The number of nitrogens with one attached hydrogen (secondary N) is 1. The van der Waals surface area contributed by atoms with Crippen molar-refractivity contribution < 1.29 is 45.5 Å². The first-order chi connectivity index (χ1) is 17.2. The minimum Gasteiger partial charge on any atom is -0.447 e. The van der Waals surface area contributed by atoms with E-state index in [9.17, 15) is 40.7 Å². The molecule has 0 saturated carbocycles. The number of hydrogen-bond donors (Lipinski definition) is 3. The third-order valence-electron chi connectivity index (χ3n) is 5.56. The summed E-state index contributed by atoms with van der Waals surface area (Å²) in [6.45, 7) is -1.39. The van der Waals surface area contributed by atoms with E-state index in [4.69, 9.17) is 16.7 Å². The topological polar surface area (TPSA) is 164 Å². The van der Waals surface area contributed by atoms with Gasteiger partial charge in [-0.1, -0.05) is 0 Å². The van der Waals surface area contributed by atoms with Crippen molar-refractivity contribution in [1.29, 1.82) is 5.26 Å². The lowest BCUT2D eigenvalue weighted by atomic mass is 9.94. The standard InChI is InChI=1S/C21H18F6N6O4.ClH/c22-11-6-13(24)12(23)4-9(11)3-10(29)5-16(34)14-7-31-8-15-17(21(25,26)27)32-20(18(30)35,33(14)15)19(36)37-2-1-28;/h4,6,8,10,14,31H,2-3,5,7,29H2,(H2,30,35);1H/t10?,14-,20?;/m1./s1. The van der Waals surface area contributed by atoms with Gasteiger partial charge in [0.1, 0.15) is 17.9 Å². The molecule has 2 aliphatic rings. The second-order valence-electron chi connectivity index (χ2n) is 8.04. The van der Waals surface area contributed by atoms with Crippen LogP contribution >= 0.6 is 12.4 Å². The average Bonchev–Trinajstić information content (AvgIpc) is 3.18. The molecule has 206 valence electrons. The number of allylic oxidation sites excluding steroid dienone is 1. The van der Waals surface area contributed by atoms with Crippen molar-refractivity contribution in [2.24, 2.45) is 16.5 Å². The number of rotatable bonds is 8. The zero-order valence-electron chi connectivity index (χ0n) is 19.0. The lowest BCUT2D eigenvalue weighted by Crippen LogP contribution is -2.66. The highest BCUT2D eigenvalue weighted by molar-refractivity contribution is 6.17. The van der Waals surface area contributed by atoms with E-state index in [0.717, 1.165) is 6.20 Å². The number of primary amides is 1. The minimum absolute atomic E-state index is 0. The molecular formula is C21H19ClF6N6O4. The van der Waals surface area contributed by atoms with E-state index < -0.39 is 96.4 Å². The average molecular weight is 569 g/mol. The van der Waals surface area contributed by atoms with Crippen LogP contribution < -0.4 is 16.8 Å². The third-order valence-corrected chi connectivity index (χ3v) is 5.56. The van der Waals surface area contributed by atoms with Gasteiger partial charge in [0, 0.05) is 31.3 Å². The highest BCUT2D eigenvalue weighted by Crippen LogP contribution is 2.41. The van der Waals surface area contributed by atoms with Gasteiger partial charge in [-0.2, -0.15) is 18.4 Å². The number of nitriles is 1. The van der Waals surface area contributed by atoms with Gasteiger partial charge in [0.05, 0.1) is 5.70 Å². The Kier molecular flexibility index (Phi) is 9.01. The first kappa shape index (κ1) is 30.4. The number of halogens is 7. The van der Waals surface area contributed by atoms with Crippen molar-refractivity contribution in [1.82, 2.24) is 10.2 Å². The molecule has 0 saturated heterocycles. The number of fused-ring (bicyclic) bond motifs is 1. The molecule has 3 atom stereocenters. The zero-order valence-corrected chi connectivity index (χ0v) is 19.8. The zero-order chi connectivity index (χ0) is 27.7. The molecule has 0 aromatic heterocycles. The van der Waals surface area contributed by atoms with Gasteiger partial charge in [0.15, 0.2) is 29.7 Å². The number of aliphatic imine (C=N–C) groups is 1. The van der Waals surface area contributed by atoms with Gasteiger partial charge in [0.25, 0.3) is 5.91 Å². The Morgan fingerprint density at radius 3 is 2.45 bits per heavy atom. The van der Waals surface area contributed by atoms with E-state index in [0.29, 0.717) is 11.0 Å². The number of carbonyl (C=O) groups excluding carboxylic acids is 3. The third kappa shape index (κ3) is 5.53. The van der Waals surface area contributed by atoms with Crippen molar-refractivity contribution in [3.05, 3.63) is 47.0 Å². The van der Waals surface area contributed by atoms with Gasteiger partial charge >= 0.3 is 17.8 Å². The molecule has 2 heterocycles. The summed E-state index contributed by atoms with van der Waals surface area (Å²) in [5.74, 6) is -8.31. The van der Waals surface area contributed by atoms with Crippen LogP contribution in [0.4, 0.5) is 26.3 Å². The number of alkyl halides is 3. The molecule has 5 N–H and O–H groups in total. The monoisotopic (exact) mass is 568 g/mol. The number of nitrogens with zero attached hydrogens (tertiary/aromatic N) is 3. The minimum atomic E-state index is -5.20. The Morgan fingerprint density at radius 1 is 1.24 bits per heavy atom. The molecule has 2 aliphatic heterocycles. The van der Waals surface area contributed by atoms with Crippen LogP contribution in [0.25, 0.3) is 0 Å². The van der Waals surface area contributed by atoms with Crippen LogP contribution in [0.15, 0.2) is 29.0 Å². The van der Waals surface area contributed by atoms with Crippen LogP contribution in [0.2, 0.25) is 0 Å². The highest BCUT2D eigenvalue weighted by Gasteiger charge is 2.64. The summed E-state index contributed by atoms with van der Waals surface area (Å²) in [7, 11) is 0. The van der Waals surface area contributed by atoms with Gasteiger partial charge in [-0.3, -0.25) is 9.59 Å². The van der Waals surface area contributed by atoms with E-state index >= 15 is 0 Å². The Labute approximate surface area is 216 Å². The quantitative estimate of drug-likeness (QED) is 0.179. The number of nitrogens with two attached hydrogens (primary N) is 2. The molecule has 1 aromatic rings. The van der Waals surface area contributed by atoms with E-state index in [1.54, 1.807) is 0 Å². The summed E-state index contributed by atoms with van der Waals surface area (Å²) in [5.41, 5.74) is 5.05. The van der Waals surface area contributed by atoms with Crippen LogP contribution in [0, 0.1) is 28.8 Å². The summed E-state index contributed by atoms with van der Waals surface area (Å²) in [5, 5.41) is 11.1. The molecule has 0 aliphatic carbocycles. The van der Waals surface area contributed by atoms with Crippen molar-refractivity contribution in [2.45, 2.75) is 36.8 Å². The molecule has 3 rings (SSSR count). The van der Waals surface area contributed by atoms with Crippen molar-refractivity contribution >= 4 is 35.8 Å². The van der Waals surface area contributed by atoms with Gasteiger partial charge in [-0.05, 0) is 18.1 Å². The Morgan fingerprint density at radius 2 is 1.87 bits per heavy atom. The number of carbonyl (C=O) groups is 3. The maximum atomic E-state index is 14.0. The summed E-state index contributed by atoms with van der Waals surface area (Å²) < 4.78 is 86.5. The SMILES string of the molecule is Cl.N#CCOC(=O)C1(C(N)=O)N=C(C(F)(F)F)C2=CNC[C@H](C(=O)CC(N)Cc3cc(F)c(F)cc3F)N21. The molecule has 38 heavy (non-hydrogen) atoms. The molecule has 10 nitrogen and oxygen atoms in total. The smallest absolute Gasteiger partial charge is 0.435 e. The molecule has 1 aromatic carbocycles. The van der Waals surface area contributed by atoms with E-state index in [1.165, 1.54) is 6.07 Å². The second kappa shape index (κ2) is 11.3. The molecule has 17 heteroatoms. The van der Waals surface area contributed by atoms with Crippen LogP contribution in [0.1, 0.15) is 12.0 Å². The summed E-state index contributed by atoms with van der Waals surface area (Å²) in [6.07, 6.45) is -5.55. The number of amides is 1. The van der Waals surface area contributed by atoms with E-state index in [1.807, 2.05) is 0 Å². The number of esters is 1. The number of benzene rings is 1. The predicted octanol–water partition coefficient (Wildman–Crippen LogP) is 0.735. The first-order valence-electron chi connectivity index (χ1n) is 10.4. The second-order valence-corrected chi connectivity index (χ2v) is 8.04. The lowest BCUT2D eigenvalue weighted by molar-refractivity contribution is -0.161. The predicted molar refractivity (Wildman–Crippen MR) is 119 cm³/mol. The van der Waals surface area contributed by atoms with E-state index in [-0.39, 0.29) is 24.0 Å². The lowest BCUT2D eigenvalue weighted by Gasteiger charge is -2.41. The largest absolute Gasteiger partial charge is 0.447 e. The summed E-state index contributed by atoms with van der Waals surface area (Å²) in [4.78, 5) is 42.0. The maximum Gasteiger partial charge on any atom is 0.435 e. The van der Waals surface area contributed by atoms with Crippen molar-refractivity contribution in [3.8, 4) is 6.07 Å². The van der Waals surface area contributed by atoms with Crippen molar-refractivity contribution in [2.75, 3.05) is 13.2 Å². The normalized spacial score (nSPS) is 21.1.